The van der Waals surface area contributed by atoms with Gasteiger partial charge in [-0.2, -0.15) is 0 Å². The summed E-state index contributed by atoms with van der Waals surface area (Å²) in [5, 5.41) is 4.29. The van der Waals surface area contributed by atoms with Crippen LogP contribution >= 0.6 is 0 Å². The van der Waals surface area contributed by atoms with Gasteiger partial charge in [-0.15, -0.1) is 18.3 Å². The summed E-state index contributed by atoms with van der Waals surface area (Å²) in [6, 6.07) is 11.9. The first-order valence-electron chi connectivity index (χ1n) is 7.59. The van der Waals surface area contributed by atoms with Gasteiger partial charge in [0, 0.05) is 5.56 Å². The average Bonchev–Trinajstić information content (AvgIpc) is 3.10. The lowest BCUT2D eigenvalue weighted by Crippen LogP contribution is -2.19. The van der Waals surface area contributed by atoms with Gasteiger partial charge in [0.1, 0.15) is 17.8 Å². The van der Waals surface area contributed by atoms with Gasteiger partial charge in [-0.3, -0.25) is 4.79 Å². The highest BCUT2D eigenvalue weighted by molar-refractivity contribution is 5.75. The lowest BCUT2D eigenvalue weighted by Gasteiger charge is -2.09. The Labute approximate surface area is 151 Å². The van der Waals surface area contributed by atoms with Crippen molar-refractivity contribution in [2.24, 2.45) is 5.73 Å². The fraction of sp³-hybridized carbons (Fsp3) is 0.118. The van der Waals surface area contributed by atoms with Crippen molar-refractivity contribution in [3.05, 3.63) is 54.9 Å². The second kappa shape index (κ2) is 7.36. The molecule has 3 aromatic rings. The molecular weight excluding hydrogens is 365 g/mol. The van der Waals surface area contributed by atoms with Crippen LogP contribution in [0.2, 0.25) is 0 Å². The minimum Gasteiger partial charge on any atom is -0.484 e. The zero-order valence-corrected chi connectivity index (χ0v) is 13.7. The highest BCUT2D eigenvalue weighted by atomic mass is 19.4. The molecule has 0 aliphatic carbocycles. The molecule has 1 amide bonds. The minimum absolute atomic E-state index is 0.222. The lowest BCUT2D eigenvalue weighted by atomic mass is 10.2. The van der Waals surface area contributed by atoms with E-state index in [1.54, 1.807) is 24.3 Å². The standard InChI is InChI=1S/C17H13F3N4O3/c18-17(19,20)27-14-7-3-12(4-8-14)24-10-22-16(23-24)11-1-5-13(6-2-11)26-9-15(21)25/h1-8,10H,9H2,(H2,21,25). The van der Waals surface area contributed by atoms with E-state index in [-0.39, 0.29) is 12.4 Å². The predicted octanol–water partition coefficient (Wildman–Crippen LogP) is 2.70. The lowest BCUT2D eigenvalue weighted by molar-refractivity contribution is -0.274. The number of alkyl halides is 3. The van der Waals surface area contributed by atoms with Crippen LogP contribution in [0.1, 0.15) is 0 Å². The third kappa shape index (κ3) is 4.97. The largest absolute Gasteiger partial charge is 0.573 e. The second-order valence-electron chi connectivity index (χ2n) is 5.33. The Hall–Kier alpha value is -3.56. The van der Waals surface area contributed by atoms with E-state index < -0.39 is 12.3 Å². The smallest absolute Gasteiger partial charge is 0.484 e. The van der Waals surface area contributed by atoms with Gasteiger partial charge in [0.25, 0.3) is 5.91 Å². The van der Waals surface area contributed by atoms with E-state index in [4.69, 9.17) is 10.5 Å². The number of amides is 1. The van der Waals surface area contributed by atoms with Crippen LogP contribution < -0.4 is 15.2 Å². The molecule has 2 aromatic carbocycles. The van der Waals surface area contributed by atoms with Crippen LogP contribution in [-0.4, -0.2) is 33.6 Å². The van der Waals surface area contributed by atoms with Crippen molar-refractivity contribution in [1.82, 2.24) is 14.8 Å². The molecule has 1 heterocycles. The summed E-state index contributed by atoms with van der Waals surface area (Å²) < 4.78 is 47.0. The fourth-order valence-electron chi connectivity index (χ4n) is 2.17. The molecule has 3 rings (SSSR count). The maximum atomic E-state index is 12.2. The molecule has 7 nitrogen and oxygen atoms in total. The predicted molar refractivity (Wildman–Crippen MR) is 88.2 cm³/mol. The number of ether oxygens (including phenoxy) is 2. The van der Waals surface area contributed by atoms with Crippen molar-refractivity contribution in [1.29, 1.82) is 0 Å². The Morgan fingerprint density at radius 2 is 1.67 bits per heavy atom. The number of nitrogens with zero attached hydrogens (tertiary/aromatic N) is 3. The van der Waals surface area contributed by atoms with Crippen molar-refractivity contribution in [2.75, 3.05) is 6.61 Å². The Kier molecular flexibility index (Phi) is 4.97. The van der Waals surface area contributed by atoms with Crippen molar-refractivity contribution >= 4 is 5.91 Å². The number of benzene rings is 2. The average molecular weight is 378 g/mol. The number of primary amides is 1. The molecular formula is C17H13F3N4O3. The van der Waals surface area contributed by atoms with Gasteiger partial charge in [0.05, 0.1) is 5.69 Å². The SMILES string of the molecule is NC(=O)COc1ccc(-c2ncn(-c3ccc(OC(F)(F)F)cc3)n2)cc1. The van der Waals surface area contributed by atoms with Crippen LogP contribution in [0.25, 0.3) is 17.1 Å². The molecule has 0 saturated carbocycles. The molecule has 0 fully saturated rings. The zero-order chi connectivity index (χ0) is 19.4. The molecule has 2 N–H and O–H groups in total. The van der Waals surface area contributed by atoms with Gasteiger partial charge in [-0.25, -0.2) is 9.67 Å². The Morgan fingerprint density at radius 1 is 1.04 bits per heavy atom. The molecule has 0 radical (unpaired) electrons. The van der Waals surface area contributed by atoms with Crippen LogP contribution in [0.3, 0.4) is 0 Å². The molecule has 27 heavy (non-hydrogen) atoms. The van der Waals surface area contributed by atoms with Crippen molar-refractivity contribution in [2.45, 2.75) is 6.36 Å². The third-order valence-electron chi connectivity index (χ3n) is 3.32. The summed E-state index contributed by atoms with van der Waals surface area (Å²) in [6.45, 7) is -0.222. The van der Waals surface area contributed by atoms with Crippen molar-refractivity contribution < 1.29 is 27.4 Å². The number of carbonyl (C=O) groups is 1. The van der Waals surface area contributed by atoms with Gasteiger partial charge < -0.3 is 15.2 Å². The number of halogens is 3. The van der Waals surface area contributed by atoms with Gasteiger partial charge in [0.15, 0.2) is 12.4 Å². The van der Waals surface area contributed by atoms with Crippen LogP contribution in [0.5, 0.6) is 11.5 Å². The molecule has 10 heteroatoms. The highest BCUT2D eigenvalue weighted by Gasteiger charge is 2.30. The number of aromatic nitrogens is 3. The van der Waals surface area contributed by atoms with E-state index in [0.29, 0.717) is 22.8 Å². The molecule has 0 spiro atoms. The molecule has 0 atom stereocenters. The Balaban J connectivity index is 1.72. The second-order valence-corrected chi connectivity index (χ2v) is 5.33. The first-order chi connectivity index (χ1) is 12.8. The summed E-state index contributed by atoms with van der Waals surface area (Å²) >= 11 is 0. The maximum Gasteiger partial charge on any atom is 0.573 e. The molecule has 0 aliphatic rings. The van der Waals surface area contributed by atoms with E-state index >= 15 is 0 Å². The van der Waals surface area contributed by atoms with Gasteiger partial charge in [0.2, 0.25) is 0 Å². The topological polar surface area (TPSA) is 92.3 Å². The fourth-order valence-corrected chi connectivity index (χ4v) is 2.17. The molecule has 0 aliphatic heterocycles. The van der Waals surface area contributed by atoms with Gasteiger partial charge in [-0.1, -0.05) is 0 Å². The van der Waals surface area contributed by atoms with Crippen LogP contribution in [0, 0.1) is 0 Å². The Morgan fingerprint density at radius 3 is 2.26 bits per heavy atom. The van der Waals surface area contributed by atoms with E-state index in [0.717, 1.165) is 0 Å². The van der Waals surface area contributed by atoms with Gasteiger partial charge in [-0.05, 0) is 48.5 Å². The Bertz CT molecular complexity index is 922. The molecule has 0 unspecified atom stereocenters. The molecule has 0 saturated heterocycles. The number of hydrogen-bond donors (Lipinski definition) is 1. The quantitative estimate of drug-likeness (QED) is 0.712. The summed E-state index contributed by atoms with van der Waals surface area (Å²) in [5.41, 5.74) is 6.22. The van der Waals surface area contributed by atoms with Crippen LogP contribution in [0.4, 0.5) is 13.2 Å². The zero-order valence-electron chi connectivity index (χ0n) is 13.7. The van der Waals surface area contributed by atoms with Crippen LogP contribution in [-0.2, 0) is 4.79 Å². The number of rotatable bonds is 6. The summed E-state index contributed by atoms with van der Waals surface area (Å²) in [6.07, 6.45) is -3.30. The highest BCUT2D eigenvalue weighted by Crippen LogP contribution is 2.24. The first-order valence-corrected chi connectivity index (χ1v) is 7.59. The summed E-state index contributed by atoms with van der Waals surface area (Å²) in [7, 11) is 0. The van der Waals surface area contributed by atoms with E-state index in [1.165, 1.54) is 35.3 Å². The molecule has 0 bridgehead atoms. The van der Waals surface area contributed by atoms with E-state index in [2.05, 4.69) is 14.8 Å². The summed E-state index contributed by atoms with van der Waals surface area (Å²) in [5.74, 6) is -0.0198. The third-order valence-corrected chi connectivity index (χ3v) is 3.32. The van der Waals surface area contributed by atoms with E-state index in [9.17, 15) is 18.0 Å². The number of hydrogen-bond acceptors (Lipinski definition) is 5. The molecule has 1 aromatic heterocycles. The van der Waals surface area contributed by atoms with Gasteiger partial charge >= 0.3 is 6.36 Å². The monoisotopic (exact) mass is 378 g/mol. The van der Waals surface area contributed by atoms with Crippen molar-refractivity contribution in [3.8, 4) is 28.6 Å². The van der Waals surface area contributed by atoms with Crippen molar-refractivity contribution in [3.63, 3.8) is 0 Å². The minimum atomic E-state index is -4.74. The summed E-state index contributed by atoms with van der Waals surface area (Å²) in [4.78, 5) is 14.9. The van der Waals surface area contributed by atoms with Crippen LogP contribution in [0.15, 0.2) is 54.9 Å². The first kappa shape index (κ1) is 18.2. The normalized spacial score (nSPS) is 11.2. The number of carbonyl (C=O) groups excluding carboxylic acids is 1. The molecule has 140 valence electrons. The maximum absolute atomic E-state index is 12.2. The number of nitrogens with two attached hydrogens (primary N) is 1. The van der Waals surface area contributed by atoms with E-state index in [1.807, 2.05) is 0 Å².